The van der Waals surface area contributed by atoms with Gasteiger partial charge in [-0.3, -0.25) is 29.3 Å². The maximum absolute atomic E-state index is 15.3. The Morgan fingerprint density at radius 3 is 2.28 bits per heavy atom. The third-order valence-corrected chi connectivity index (χ3v) is 17.7. The molecule has 2 aromatic carbocycles. The molecule has 6 fully saturated rings. The van der Waals surface area contributed by atoms with Crippen LogP contribution >= 0.6 is 0 Å². The number of piperidine rings is 4. The van der Waals surface area contributed by atoms with Crippen molar-refractivity contribution in [2.24, 2.45) is 11.8 Å². The highest BCUT2D eigenvalue weighted by Gasteiger charge is 2.56. The number of nitrogens with one attached hydrogen (secondary N) is 2. The Bertz CT molecular complexity index is 3000. The fraction of sp³-hybridized carbons (Fsp3) is 0.509. The number of amides is 5. The number of likely N-dealkylation sites (tertiary alicyclic amines) is 3. The zero-order chi connectivity index (χ0) is 50.8. The summed E-state index contributed by atoms with van der Waals surface area (Å²) < 4.78 is 17.1. The van der Waals surface area contributed by atoms with E-state index in [4.69, 9.17) is 9.97 Å². The van der Waals surface area contributed by atoms with Crippen LogP contribution in [0, 0.1) is 17.7 Å². The number of carbonyl (C=O) groups is 5. The van der Waals surface area contributed by atoms with Gasteiger partial charge in [0.1, 0.15) is 17.2 Å². The van der Waals surface area contributed by atoms with E-state index in [1.54, 1.807) is 30.7 Å². The summed E-state index contributed by atoms with van der Waals surface area (Å²) >= 11 is 0. The molecule has 1 aliphatic carbocycles. The Kier molecular flexibility index (Phi) is 12.7. The minimum Gasteiger partial charge on any atom is -0.357 e. The number of halogens is 1. The van der Waals surface area contributed by atoms with Crippen LogP contribution in [0.4, 0.5) is 27.4 Å². The van der Waals surface area contributed by atoms with Crippen molar-refractivity contribution in [1.29, 1.82) is 0 Å². The Morgan fingerprint density at radius 2 is 1.55 bits per heavy atom. The van der Waals surface area contributed by atoms with Crippen LogP contribution in [-0.2, 0) is 29.4 Å². The van der Waals surface area contributed by atoms with Crippen LogP contribution < -0.4 is 20.4 Å². The lowest BCUT2D eigenvalue weighted by atomic mass is 9.73. The van der Waals surface area contributed by atoms with Crippen LogP contribution in [-0.4, -0.2) is 128 Å². The summed E-state index contributed by atoms with van der Waals surface area (Å²) in [6.07, 6.45) is 12.9. The first-order chi connectivity index (χ1) is 35.9. The molecule has 386 valence electrons. The van der Waals surface area contributed by atoms with Gasteiger partial charge in [0.2, 0.25) is 29.5 Å². The normalized spacial score (nSPS) is 24.5. The Balaban J connectivity index is 0.729. The first kappa shape index (κ1) is 48.2. The number of imide groups is 1. The quantitative estimate of drug-likeness (QED) is 0.133. The van der Waals surface area contributed by atoms with E-state index < -0.39 is 5.41 Å². The first-order valence-corrected chi connectivity index (χ1v) is 27.2. The molecule has 5 aromatic rings. The largest absolute Gasteiger partial charge is 0.357 e. The van der Waals surface area contributed by atoms with Crippen LogP contribution in [0.15, 0.2) is 73.2 Å². The highest BCUT2D eigenvalue weighted by Crippen LogP contribution is 2.52. The molecule has 2 N–H and O–H groups in total. The molecular formula is C57H66FN11O5. The Morgan fingerprint density at radius 1 is 0.797 bits per heavy atom. The summed E-state index contributed by atoms with van der Waals surface area (Å²) in [5, 5.41) is 5.70. The van der Waals surface area contributed by atoms with Gasteiger partial charge < -0.3 is 34.4 Å². The molecule has 1 spiro atoms. The highest BCUT2D eigenvalue weighted by atomic mass is 19.1. The number of benzene rings is 2. The van der Waals surface area contributed by atoms with Crippen LogP contribution in [0.1, 0.15) is 114 Å². The van der Waals surface area contributed by atoms with Gasteiger partial charge in [-0.2, -0.15) is 0 Å². The van der Waals surface area contributed by atoms with Gasteiger partial charge in [0, 0.05) is 87.2 Å². The molecule has 2 atom stereocenters. The van der Waals surface area contributed by atoms with Crippen molar-refractivity contribution < 1.29 is 28.4 Å². The minimum absolute atomic E-state index is 0.0687. The number of carbonyl (C=O) groups excluding carboxylic acids is 5. The third kappa shape index (κ3) is 8.67. The number of imidazole rings is 1. The topological polar surface area (TPSA) is 169 Å². The van der Waals surface area contributed by atoms with E-state index in [9.17, 15) is 19.2 Å². The molecule has 3 aromatic heterocycles. The predicted molar refractivity (Wildman–Crippen MR) is 279 cm³/mol. The number of pyridine rings is 2. The van der Waals surface area contributed by atoms with E-state index >= 15 is 9.18 Å². The van der Waals surface area contributed by atoms with Gasteiger partial charge in [0.25, 0.3) is 0 Å². The molecule has 0 bridgehead atoms. The van der Waals surface area contributed by atoms with Crippen molar-refractivity contribution in [1.82, 2.24) is 39.5 Å². The molecule has 74 heavy (non-hydrogen) atoms. The first-order valence-electron chi connectivity index (χ1n) is 27.2. The van der Waals surface area contributed by atoms with Crippen LogP contribution in [0.5, 0.6) is 0 Å². The maximum Gasteiger partial charge on any atom is 0.238 e. The van der Waals surface area contributed by atoms with Gasteiger partial charge in [-0.25, -0.2) is 19.3 Å². The highest BCUT2D eigenvalue weighted by molar-refractivity contribution is 6.09. The SMILES string of the molecule is CC(C)n1cnc2cc(-c3ccc4c(c3)N(C3CC(N5CCCCC5)C3)C(=O)C43CCN(C(=O)[C@H]4CCN(C(=O)C5CCN(c6ccc(C7CCC(=O)NC7=O)cn6)CC5)C4)CC3)nc(Nc3ccccc3F)c21. The lowest BCUT2D eigenvalue weighted by molar-refractivity contribution is -0.140. The number of hydrogen-bond acceptors (Lipinski definition) is 11. The maximum atomic E-state index is 15.3. The molecule has 0 radical (unpaired) electrons. The molecular weight excluding hydrogens is 938 g/mol. The number of fused-ring (bicyclic) bond motifs is 3. The molecule has 12 rings (SSSR count). The summed E-state index contributed by atoms with van der Waals surface area (Å²) in [5.41, 5.74) is 5.31. The second-order valence-electron chi connectivity index (χ2n) is 22.2. The van der Waals surface area contributed by atoms with Crippen LogP contribution in [0.2, 0.25) is 0 Å². The summed E-state index contributed by atoms with van der Waals surface area (Å²) in [7, 11) is 0. The van der Waals surface area contributed by atoms with Gasteiger partial charge in [0.15, 0.2) is 5.82 Å². The van der Waals surface area contributed by atoms with E-state index in [2.05, 4.69) is 62.4 Å². The number of hydrogen-bond donors (Lipinski definition) is 2. The molecule has 9 heterocycles. The predicted octanol–water partition coefficient (Wildman–Crippen LogP) is 7.47. The van der Waals surface area contributed by atoms with Crippen molar-refractivity contribution in [3.63, 3.8) is 0 Å². The van der Waals surface area contributed by atoms with Crippen molar-refractivity contribution in [2.45, 2.75) is 120 Å². The van der Waals surface area contributed by atoms with Crippen molar-refractivity contribution in [3.8, 4) is 11.3 Å². The van der Waals surface area contributed by atoms with Gasteiger partial charge in [-0.05, 0) is 133 Å². The van der Waals surface area contributed by atoms with Gasteiger partial charge in [-0.1, -0.05) is 36.8 Å². The summed E-state index contributed by atoms with van der Waals surface area (Å²) in [5.74, 6) is -0.0659. The number of anilines is 4. The molecule has 6 aliphatic heterocycles. The monoisotopic (exact) mass is 1000 g/mol. The number of aromatic nitrogens is 4. The van der Waals surface area contributed by atoms with Gasteiger partial charge in [-0.15, -0.1) is 0 Å². The van der Waals surface area contributed by atoms with E-state index in [0.717, 1.165) is 65.2 Å². The van der Waals surface area contributed by atoms with E-state index in [-0.39, 0.29) is 65.2 Å². The second-order valence-corrected chi connectivity index (χ2v) is 22.2. The van der Waals surface area contributed by atoms with Crippen LogP contribution in [0.3, 0.4) is 0 Å². The van der Waals surface area contributed by atoms with E-state index in [1.165, 1.54) is 25.3 Å². The lowest BCUT2D eigenvalue weighted by Crippen LogP contribution is -2.58. The molecule has 5 amide bonds. The van der Waals surface area contributed by atoms with Crippen molar-refractivity contribution in [2.75, 3.05) is 67.5 Å². The summed E-state index contributed by atoms with van der Waals surface area (Å²) in [6.45, 7) is 9.64. The van der Waals surface area contributed by atoms with Gasteiger partial charge in [0.05, 0.1) is 40.5 Å². The molecule has 5 saturated heterocycles. The van der Waals surface area contributed by atoms with Crippen molar-refractivity contribution in [3.05, 3.63) is 90.1 Å². The number of nitrogens with zero attached hydrogens (tertiary/aromatic N) is 9. The van der Waals surface area contributed by atoms with Gasteiger partial charge >= 0.3 is 0 Å². The zero-order valence-corrected chi connectivity index (χ0v) is 42.5. The standard InChI is InChI=1S/C57H66FN11O5/c1-35(2)68-34-60-47-31-46(62-52(51(47)68)61-45-9-5-4-8-44(45)58)37-10-13-43-48(28-37)69(41-29-40(30-41)64-21-6-3-7-22-64)56(74)57(43)19-26-66(27-20-57)55(73)39-18-25-67(33-39)54(72)36-16-23-65(24-17-36)49-14-11-38(32-59-49)42-12-15-50(70)63-53(42)71/h4-5,8-11,13-14,28,31-32,34-36,39-42H,3,6-7,12,15-27,29-30,33H2,1-2H3,(H,61,62)(H,63,70,71)/t39-,40?,41?,42?/m0/s1. The molecule has 1 unspecified atom stereocenters. The fourth-order valence-corrected chi connectivity index (χ4v) is 13.3. The lowest BCUT2D eigenvalue weighted by Gasteiger charge is -2.48. The second kappa shape index (κ2) is 19.5. The summed E-state index contributed by atoms with van der Waals surface area (Å²) in [6, 6.07) is 19.3. The average Bonchev–Trinajstić information content (AvgIpc) is 4.14. The number of rotatable bonds is 10. The molecule has 1 saturated carbocycles. The Hall–Kier alpha value is -6.75. The Labute approximate surface area is 431 Å². The molecule has 17 heteroatoms. The molecule has 7 aliphatic rings. The molecule has 16 nitrogen and oxygen atoms in total. The summed E-state index contributed by atoms with van der Waals surface area (Å²) in [4.78, 5) is 92.9. The smallest absolute Gasteiger partial charge is 0.238 e. The van der Waals surface area contributed by atoms with Crippen LogP contribution in [0.25, 0.3) is 22.3 Å². The fourth-order valence-electron chi connectivity index (χ4n) is 13.3. The minimum atomic E-state index is -0.760. The average molecular weight is 1000 g/mol. The van der Waals surface area contributed by atoms with E-state index in [0.29, 0.717) is 107 Å². The zero-order valence-electron chi connectivity index (χ0n) is 42.5. The van der Waals surface area contributed by atoms with E-state index in [1.807, 2.05) is 32.6 Å². The van der Waals surface area contributed by atoms with Crippen molar-refractivity contribution >= 4 is 63.6 Å². The third-order valence-electron chi connectivity index (χ3n) is 17.7. The number of para-hydroxylation sites is 1.